The van der Waals surface area contributed by atoms with E-state index in [1.165, 1.54) is 5.56 Å². The van der Waals surface area contributed by atoms with Crippen molar-refractivity contribution in [1.82, 2.24) is 0 Å². The molecule has 3 rings (SSSR count). The highest BCUT2D eigenvalue weighted by Crippen LogP contribution is 2.33. The van der Waals surface area contributed by atoms with Crippen molar-refractivity contribution in [3.05, 3.63) is 95.1 Å². The molecule has 0 spiro atoms. The fourth-order valence-corrected chi connectivity index (χ4v) is 3.96. The van der Waals surface area contributed by atoms with Gasteiger partial charge in [0.05, 0.1) is 0 Å². The normalized spacial score (nSPS) is 13.0. The van der Waals surface area contributed by atoms with Gasteiger partial charge in [0.15, 0.2) is 0 Å². The Labute approximate surface area is 206 Å². The first-order valence-electron chi connectivity index (χ1n) is 12.1. The van der Waals surface area contributed by atoms with Gasteiger partial charge in [-0.05, 0) is 93.5 Å². The molecule has 3 aromatic rings. The third-order valence-electron chi connectivity index (χ3n) is 6.34. The molecule has 0 atom stereocenters. The lowest BCUT2D eigenvalue weighted by Gasteiger charge is -2.30. The zero-order valence-electron chi connectivity index (χ0n) is 22.3. The first-order chi connectivity index (χ1) is 15.6. The van der Waals surface area contributed by atoms with Gasteiger partial charge in [-0.2, -0.15) is 0 Å². The molecule has 0 heterocycles. The van der Waals surface area contributed by atoms with Crippen molar-refractivity contribution >= 4 is 0 Å². The van der Waals surface area contributed by atoms with Gasteiger partial charge < -0.3 is 15.2 Å². The summed E-state index contributed by atoms with van der Waals surface area (Å²) in [5, 5.41) is 0. The lowest BCUT2D eigenvalue weighted by molar-refractivity contribution is 0.105. The van der Waals surface area contributed by atoms with E-state index in [-0.39, 0.29) is 11.0 Å². The summed E-state index contributed by atoms with van der Waals surface area (Å²) in [6.45, 7) is 19.0. The zero-order valence-corrected chi connectivity index (χ0v) is 22.3. The molecule has 0 aliphatic carbocycles. The maximum Gasteiger partial charge on any atom is 0.128 e. The second-order valence-corrected chi connectivity index (χ2v) is 11.8. The van der Waals surface area contributed by atoms with E-state index in [1.54, 1.807) is 0 Å². The van der Waals surface area contributed by atoms with Crippen LogP contribution < -0.4 is 15.2 Å². The zero-order chi connectivity index (χ0) is 25.4. The van der Waals surface area contributed by atoms with Crippen molar-refractivity contribution in [2.24, 2.45) is 5.73 Å². The lowest BCUT2D eigenvalue weighted by Crippen LogP contribution is -2.28. The molecular weight excluding hydrogens is 418 g/mol. The van der Waals surface area contributed by atoms with Crippen LogP contribution in [0.5, 0.6) is 11.5 Å². The van der Waals surface area contributed by atoms with E-state index >= 15 is 0 Å². The molecule has 0 radical (unpaired) electrons. The van der Waals surface area contributed by atoms with Crippen molar-refractivity contribution in [3.8, 4) is 11.5 Å². The predicted octanol–water partition coefficient (Wildman–Crippen LogP) is 7.81. The van der Waals surface area contributed by atoms with Crippen molar-refractivity contribution in [2.75, 3.05) is 0 Å². The Morgan fingerprint density at radius 2 is 0.735 bits per heavy atom. The van der Waals surface area contributed by atoms with Crippen LogP contribution in [-0.2, 0) is 22.2 Å². The first-order valence-corrected chi connectivity index (χ1v) is 12.1. The first kappa shape index (κ1) is 25.8. The number of ether oxygens (including phenoxy) is 2. The average Bonchev–Trinajstić information content (AvgIpc) is 2.73. The molecular formula is C31H41NO2. The summed E-state index contributed by atoms with van der Waals surface area (Å²) in [6.07, 6.45) is 0. The maximum atomic E-state index is 6.39. The van der Waals surface area contributed by atoms with Gasteiger partial charge in [0.25, 0.3) is 0 Å². The van der Waals surface area contributed by atoms with Gasteiger partial charge in [-0.15, -0.1) is 0 Å². The SMILES string of the molecule is CC(C)(C)c1ccc(C(C)(C)Oc2ccc(C(C)(C)Oc3ccc(C(C)(C)N)cc3)cc2)cc1. The Bertz CT molecular complexity index is 1080. The Balaban J connectivity index is 1.71. The highest BCUT2D eigenvalue weighted by Gasteiger charge is 2.26. The Hall–Kier alpha value is -2.78. The summed E-state index contributed by atoms with van der Waals surface area (Å²) < 4.78 is 12.7. The van der Waals surface area contributed by atoms with Crippen LogP contribution in [0.2, 0.25) is 0 Å². The Morgan fingerprint density at radius 1 is 0.441 bits per heavy atom. The second kappa shape index (κ2) is 9.11. The monoisotopic (exact) mass is 459 g/mol. The molecule has 3 heteroatoms. The van der Waals surface area contributed by atoms with Gasteiger partial charge in [-0.1, -0.05) is 69.3 Å². The summed E-state index contributed by atoms with van der Waals surface area (Å²) >= 11 is 0. The predicted molar refractivity (Wildman–Crippen MR) is 143 cm³/mol. The molecule has 0 saturated carbocycles. The third kappa shape index (κ3) is 6.21. The molecule has 0 unspecified atom stereocenters. The number of benzene rings is 3. The minimum atomic E-state index is -0.490. The molecule has 0 aromatic heterocycles. The molecule has 3 nitrogen and oxygen atoms in total. The molecule has 0 fully saturated rings. The van der Waals surface area contributed by atoms with Gasteiger partial charge in [0.2, 0.25) is 0 Å². The topological polar surface area (TPSA) is 44.5 Å². The molecule has 0 aliphatic heterocycles. The molecule has 0 aliphatic rings. The molecule has 3 aromatic carbocycles. The number of nitrogens with two attached hydrogens (primary N) is 1. The van der Waals surface area contributed by atoms with Crippen LogP contribution in [0.4, 0.5) is 0 Å². The van der Waals surface area contributed by atoms with Crippen LogP contribution >= 0.6 is 0 Å². The standard InChI is InChI=1S/C31H41NO2/c1-28(2,3)22-10-12-24(13-11-22)30(6,7)34-27-20-16-25(17-21-27)31(8,9)33-26-18-14-23(15-19-26)29(4,5)32/h10-21H,32H2,1-9H3. The summed E-state index contributed by atoms with van der Waals surface area (Å²) in [5.74, 6) is 1.65. The average molecular weight is 460 g/mol. The van der Waals surface area contributed by atoms with E-state index in [2.05, 4.69) is 84.9 Å². The number of rotatable bonds is 7. The van der Waals surface area contributed by atoms with Crippen molar-refractivity contribution in [2.45, 2.75) is 84.5 Å². The molecule has 182 valence electrons. The highest BCUT2D eigenvalue weighted by atomic mass is 16.5. The Morgan fingerprint density at radius 3 is 1.06 bits per heavy atom. The minimum Gasteiger partial charge on any atom is -0.483 e. The summed E-state index contributed by atoms with van der Waals surface area (Å²) in [6, 6.07) is 24.9. The van der Waals surface area contributed by atoms with Crippen LogP contribution in [0.15, 0.2) is 72.8 Å². The lowest BCUT2D eigenvalue weighted by atomic mass is 9.85. The van der Waals surface area contributed by atoms with Crippen LogP contribution in [0, 0.1) is 0 Å². The minimum absolute atomic E-state index is 0.136. The van der Waals surface area contributed by atoms with E-state index in [4.69, 9.17) is 15.2 Å². The van der Waals surface area contributed by atoms with E-state index in [0.717, 1.165) is 28.2 Å². The van der Waals surface area contributed by atoms with Crippen LogP contribution in [-0.4, -0.2) is 0 Å². The largest absolute Gasteiger partial charge is 0.483 e. The van der Waals surface area contributed by atoms with Gasteiger partial charge in [0, 0.05) is 5.54 Å². The van der Waals surface area contributed by atoms with E-state index in [1.807, 2.05) is 50.2 Å². The van der Waals surface area contributed by atoms with Gasteiger partial charge in [-0.25, -0.2) is 0 Å². The number of hydrogen-bond donors (Lipinski definition) is 1. The van der Waals surface area contributed by atoms with Gasteiger partial charge >= 0.3 is 0 Å². The smallest absolute Gasteiger partial charge is 0.128 e. The van der Waals surface area contributed by atoms with E-state index in [9.17, 15) is 0 Å². The maximum absolute atomic E-state index is 6.39. The number of hydrogen-bond acceptors (Lipinski definition) is 3. The quantitative estimate of drug-likeness (QED) is 0.392. The second-order valence-electron chi connectivity index (χ2n) is 11.8. The molecule has 0 amide bonds. The van der Waals surface area contributed by atoms with E-state index in [0.29, 0.717) is 0 Å². The van der Waals surface area contributed by atoms with Crippen LogP contribution in [0.25, 0.3) is 0 Å². The van der Waals surface area contributed by atoms with Crippen LogP contribution in [0.3, 0.4) is 0 Å². The summed E-state index contributed by atoms with van der Waals surface area (Å²) in [7, 11) is 0. The van der Waals surface area contributed by atoms with Crippen LogP contribution in [0.1, 0.15) is 84.6 Å². The summed E-state index contributed by atoms with van der Waals surface area (Å²) in [5.41, 5.74) is 9.65. The third-order valence-corrected chi connectivity index (χ3v) is 6.34. The van der Waals surface area contributed by atoms with Crippen molar-refractivity contribution < 1.29 is 9.47 Å². The molecule has 0 bridgehead atoms. The molecule has 2 N–H and O–H groups in total. The fraction of sp³-hybridized carbons (Fsp3) is 0.419. The van der Waals surface area contributed by atoms with Crippen molar-refractivity contribution in [3.63, 3.8) is 0 Å². The van der Waals surface area contributed by atoms with Gasteiger partial charge in [-0.3, -0.25) is 0 Å². The highest BCUT2D eigenvalue weighted by molar-refractivity contribution is 5.36. The van der Waals surface area contributed by atoms with Gasteiger partial charge in [0.1, 0.15) is 22.7 Å². The van der Waals surface area contributed by atoms with E-state index < -0.39 is 11.2 Å². The molecule has 34 heavy (non-hydrogen) atoms. The van der Waals surface area contributed by atoms with Crippen molar-refractivity contribution in [1.29, 1.82) is 0 Å². The molecule has 0 saturated heterocycles. The summed E-state index contributed by atoms with van der Waals surface area (Å²) in [4.78, 5) is 0. The fourth-order valence-electron chi connectivity index (χ4n) is 3.96. The Kier molecular flexibility index (Phi) is 6.92.